The van der Waals surface area contributed by atoms with Crippen molar-refractivity contribution in [3.05, 3.63) is 28.8 Å². The molecule has 0 aromatic heterocycles. The molecule has 1 aromatic carbocycles. The quantitative estimate of drug-likeness (QED) is 0.362. The van der Waals surface area contributed by atoms with E-state index in [2.05, 4.69) is 5.16 Å². The third-order valence-corrected chi connectivity index (χ3v) is 2.55. The first-order chi connectivity index (χ1) is 7.70. The van der Waals surface area contributed by atoms with E-state index in [9.17, 15) is 0 Å². The van der Waals surface area contributed by atoms with Gasteiger partial charge in [0.1, 0.15) is 11.9 Å². The first-order valence-corrected chi connectivity index (χ1v) is 5.10. The van der Waals surface area contributed by atoms with Crippen molar-refractivity contribution < 1.29 is 14.7 Å². The maximum Gasteiger partial charge on any atom is 0.171 e. The average Bonchev–Trinajstić information content (AvgIpc) is 2.23. The van der Waals surface area contributed by atoms with Crippen LogP contribution in [0.1, 0.15) is 5.56 Å². The molecule has 16 heavy (non-hydrogen) atoms. The van der Waals surface area contributed by atoms with Gasteiger partial charge in [0.2, 0.25) is 0 Å². The molecule has 0 atom stereocenters. The van der Waals surface area contributed by atoms with Crippen molar-refractivity contribution in [2.45, 2.75) is 6.10 Å². The molecule has 1 aliphatic rings. The molecule has 5 nitrogen and oxygen atoms in total. The van der Waals surface area contributed by atoms with Crippen LogP contribution in [-0.2, 0) is 4.74 Å². The number of halogens is 1. The first-order valence-electron chi connectivity index (χ1n) is 4.72. The fourth-order valence-corrected chi connectivity index (χ4v) is 1.57. The predicted octanol–water partition coefficient (Wildman–Crippen LogP) is 1.21. The minimum atomic E-state index is -0.0245. The minimum absolute atomic E-state index is 0.0245. The molecular formula is C10H11ClN2O3. The lowest BCUT2D eigenvalue weighted by atomic mass is 10.2. The SMILES string of the molecule is N/C(=N/O)c1ccc(OC2COC2)cc1Cl. The summed E-state index contributed by atoms with van der Waals surface area (Å²) in [6.45, 7) is 1.19. The van der Waals surface area contributed by atoms with Crippen molar-refractivity contribution in [3.63, 3.8) is 0 Å². The molecular weight excluding hydrogens is 232 g/mol. The van der Waals surface area contributed by atoms with Gasteiger partial charge in [0.15, 0.2) is 5.84 Å². The fourth-order valence-electron chi connectivity index (χ4n) is 1.31. The van der Waals surface area contributed by atoms with E-state index in [1.54, 1.807) is 18.2 Å². The first kappa shape index (κ1) is 11.0. The number of nitrogens with two attached hydrogens (primary N) is 1. The van der Waals surface area contributed by atoms with Gasteiger partial charge in [-0.05, 0) is 18.2 Å². The van der Waals surface area contributed by atoms with Gasteiger partial charge >= 0.3 is 0 Å². The topological polar surface area (TPSA) is 77.1 Å². The molecule has 1 heterocycles. The third-order valence-electron chi connectivity index (χ3n) is 2.23. The molecule has 1 aromatic rings. The molecule has 6 heteroatoms. The van der Waals surface area contributed by atoms with Crippen molar-refractivity contribution in [2.75, 3.05) is 13.2 Å². The largest absolute Gasteiger partial charge is 0.486 e. The molecule has 86 valence electrons. The molecule has 1 saturated heterocycles. The second kappa shape index (κ2) is 4.59. The van der Waals surface area contributed by atoms with Crippen LogP contribution in [0.25, 0.3) is 0 Å². The normalized spacial score (nSPS) is 16.9. The predicted molar refractivity (Wildman–Crippen MR) is 59.2 cm³/mol. The number of hydrogen-bond acceptors (Lipinski definition) is 4. The number of hydrogen-bond donors (Lipinski definition) is 2. The summed E-state index contributed by atoms with van der Waals surface area (Å²) in [4.78, 5) is 0. The van der Waals surface area contributed by atoms with Gasteiger partial charge in [-0.25, -0.2) is 0 Å². The van der Waals surface area contributed by atoms with E-state index in [-0.39, 0.29) is 11.9 Å². The second-order valence-electron chi connectivity index (χ2n) is 3.40. The number of ether oxygens (including phenoxy) is 2. The number of rotatable bonds is 3. The molecule has 0 amide bonds. The van der Waals surface area contributed by atoms with Crippen molar-refractivity contribution >= 4 is 17.4 Å². The zero-order valence-corrected chi connectivity index (χ0v) is 9.15. The van der Waals surface area contributed by atoms with Gasteiger partial charge in [-0.1, -0.05) is 16.8 Å². The Bertz CT molecular complexity index is 419. The van der Waals surface area contributed by atoms with Crippen molar-refractivity contribution in [2.24, 2.45) is 10.9 Å². The number of amidine groups is 1. The molecule has 0 aliphatic carbocycles. The lowest BCUT2D eigenvalue weighted by Crippen LogP contribution is -2.38. The van der Waals surface area contributed by atoms with Crippen LogP contribution in [0.3, 0.4) is 0 Å². The number of oxime groups is 1. The highest BCUT2D eigenvalue weighted by Gasteiger charge is 2.20. The van der Waals surface area contributed by atoms with E-state index in [1.807, 2.05) is 0 Å². The molecule has 1 aliphatic heterocycles. The zero-order valence-electron chi connectivity index (χ0n) is 8.39. The Morgan fingerprint density at radius 1 is 1.56 bits per heavy atom. The van der Waals surface area contributed by atoms with Gasteiger partial charge in [-0.3, -0.25) is 0 Å². The Kier molecular flexibility index (Phi) is 3.17. The lowest BCUT2D eigenvalue weighted by Gasteiger charge is -2.26. The van der Waals surface area contributed by atoms with Crippen molar-refractivity contribution in [1.29, 1.82) is 0 Å². The molecule has 1 fully saturated rings. The number of nitrogens with zero attached hydrogens (tertiary/aromatic N) is 1. The maximum atomic E-state index is 8.53. The van der Waals surface area contributed by atoms with Crippen LogP contribution in [-0.4, -0.2) is 30.4 Å². The second-order valence-corrected chi connectivity index (χ2v) is 3.81. The summed E-state index contributed by atoms with van der Waals surface area (Å²) in [6, 6.07) is 5.00. The summed E-state index contributed by atoms with van der Waals surface area (Å²) in [5.74, 6) is 0.622. The van der Waals surface area contributed by atoms with Gasteiger partial charge in [0.05, 0.1) is 18.2 Å². The van der Waals surface area contributed by atoms with E-state index >= 15 is 0 Å². The highest BCUT2D eigenvalue weighted by Crippen LogP contribution is 2.24. The molecule has 3 N–H and O–H groups in total. The van der Waals surface area contributed by atoms with Gasteiger partial charge in [0, 0.05) is 5.56 Å². The van der Waals surface area contributed by atoms with Crippen LogP contribution in [0.4, 0.5) is 0 Å². The van der Waals surface area contributed by atoms with Gasteiger partial charge < -0.3 is 20.4 Å². The number of benzene rings is 1. The Morgan fingerprint density at radius 2 is 2.31 bits per heavy atom. The average molecular weight is 243 g/mol. The van der Waals surface area contributed by atoms with Crippen LogP contribution < -0.4 is 10.5 Å². The van der Waals surface area contributed by atoms with Gasteiger partial charge in [0.25, 0.3) is 0 Å². The standard InChI is InChI=1S/C10H11ClN2O3/c11-9-3-6(16-7-4-15-5-7)1-2-8(9)10(12)13-14/h1-3,7,14H,4-5H2,(H2,12,13). The zero-order chi connectivity index (χ0) is 11.5. The molecule has 0 bridgehead atoms. The maximum absolute atomic E-state index is 8.53. The summed E-state index contributed by atoms with van der Waals surface area (Å²) >= 11 is 5.96. The summed E-state index contributed by atoms with van der Waals surface area (Å²) in [6.07, 6.45) is 0.0887. The molecule has 0 spiro atoms. The van der Waals surface area contributed by atoms with E-state index in [0.29, 0.717) is 29.5 Å². The Hall–Kier alpha value is -1.46. The lowest BCUT2D eigenvalue weighted by molar-refractivity contribution is -0.0796. The highest BCUT2D eigenvalue weighted by atomic mass is 35.5. The van der Waals surface area contributed by atoms with E-state index in [1.165, 1.54) is 0 Å². The minimum Gasteiger partial charge on any atom is -0.486 e. The molecule has 0 saturated carbocycles. The Balaban J connectivity index is 2.15. The van der Waals surface area contributed by atoms with Crippen LogP contribution in [0.2, 0.25) is 5.02 Å². The van der Waals surface area contributed by atoms with E-state index in [4.69, 9.17) is 32.0 Å². The fraction of sp³-hybridized carbons (Fsp3) is 0.300. The van der Waals surface area contributed by atoms with Crippen LogP contribution in [0, 0.1) is 0 Å². The highest BCUT2D eigenvalue weighted by molar-refractivity contribution is 6.34. The summed E-state index contributed by atoms with van der Waals surface area (Å²) in [5, 5.41) is 11.8. The van der Waals surface area contributed by atoms with E-state index < -0.39 is 0 Å². The molecule has 2 rings (SSSR count). The van der Waals surface area contributed by atoms with Gasteiger partial charge in [-0.2, -0.15) is 0 Å². The Labute approximate surface area is 97.4 Å². The van der Waals surface area contributed by atoms with Crippen molar-refractivity contribution in [1.82, 2.24) is 0 Å². The summed E-state index contributed by atoms with van der Waals surface area (Å²) in [7, 11) is 0. The van der Waals surface area contributed by atoms with Gasteiger partial charge in [-0.15, -0.1) is 0 Å². The Morgan fingerprint density at radius 3 is 2.81 bits per heavy atom. The van der Waals surface area contributed by atoms with Crippen molar-refractivity contribution in [3.8, 4) is 5.75 Å². The van der Waals surface area contributed by atoms with E-state index in [0.717, 1.165) is 0 Å². The third kappa shape index (κ3) is 2.20. The van der Waals surface area contributed by atoms with Crippen LogP contribution >= 0.6 is 11.6 Å². The molecule has 0 unspecified atom stereocenters. The smallest absolute Gasteiger partial charge is 0.171 e. The van der Waals surface area contributed by atoms with Crippen LogP contribution in [0.15, 0.2) is 23.4 Å². The monoisotopic (exact) mass is 242 g/mol. The van der Waals surface area contributed by atoms with Crippen LogP contribution in [0.5, 0.6) is 5.75 Å². The molecule has 0 radical (unpaired) electrons. The summed E-state index contributed by atoms with van der Waals surface area (Å²) in [5.41, 5.74) is 5.91. The summed E-state index contributed by atoms with van der Waals surface area (Å²) < 4.78 is 10.5.